The molecule has 3 aromatic rings. The van der Waals surface area contributed by atoms with Gasteiger partial charge in [0.25, 0.3) is 5.91 Å². The molecule has 4 nitrogen and oxygen atoms in total. The molecule has 1 aliphatic heterocycles. The zero-order valence-corrected chi connectivity index (χ0v) is 16.5. The molecule has 0 unspecified atom stereocenters. The average Bonchev–Trinajstić information content (AvgIpc) is 2.99. The lowest BCUT2D eigenvalue weighted by atomic mass is 9.85. The molecule has 1 aromatic heterocycles. The molecule has 0 aliphatic carbocycles. The van der Waals surface area contributed by atoms with Crippen molar-refractivity contribution in [3.05, 3.63) is 80.9 Å². The van der Waals surface area contributed by atoms with Crippen molar-refractivity contribution in [2.45, 2.75) is 19.3 Å². The van der Waals surface area contributed by atoms with E-state index in [1.165, 1.54) is 35.6 Å². The van der Waals surface area contributed by atoms with E-state index in [-0.39, 0.29) is 23.5 Å². The fourth-order valence-electron chi connectivity index (χ4n) is 3.45. The first-order valence-corrected chi connectivity index (χ1v) is 9.87. The molecule has 28 heavy (non-hydrogen) atoms. The molecule has 2 amide bonds. The molecule has 0 bridgehead atoms. The number of halogens is 2. The minimum absolute atomic E-state index is 0.0933. The number of carbonyl (C=O) groups excluding carboxylic acids is 2. The number of rotatable bonds is 3. The van der Waals surface area contributed by atoms with Crippen LogP contribution in [0.4, 0.5) is 15.1 Å². The summed E-state index contributed by atoms with van der Waals surface area (Å²) < 4.78 is 13.1. The summed E-state index contributed by atoms with van der Waals surface area (Å²) in [6, 6.07) is 13.0. The number of benzene rings is 2. The summed E-state index contributed by atoms with van der Waals surface area (Å²) in [5.41, 5.74) is 3.21. The summed E-state index contributed by atoms with van der Waals surface area (Å²) in [4.78, 5) is 25.5. The number of carbonyl (C=O) groups is 2. The van der Waals surface area contributed by atoms with Gasteiger partial charge in [-0.15, -0.1) is 11.3 Å². The quantitative estimate of drug-likeness (QED) is 0.588. The first-order chi connectivity index (χ1) is 13.4. The van der Waals surface area contributed by atoms with Crippen molar-refractivity contribution in [2.24, 2.45) is 0 Å². The molecular weight excluding hydrogens is 399 g/mol. The summed E-state index contributed by atoms with van der Waals surface area (Å²) >= 11 is 7.38. The van der Waals surface area contributed by atoms with Crippen LogP contribution in [-0.4, -0.2) is 11.8 Å². The Morgan fingerprint density at radius 3 is 2.71 bits per heavy atom. The van der Waals surface area contributed by atoms with Crippen LogP contribution in [0.3, 0.4) is 0 Å². The predicted molar refractivity (Wildman–Crippen MR) is 110 cm³/mol. The maximum Gasteiger partial charge on any atom is 0.266 e. The highest BCUT2D eigenvalue weighted by Gasteiger charge is 2.32. The second kappa shape index (κ2) is 7.37. The van der Waals surface area contributed by atoms with E-state index in [0.29, 0.717) is 27.0 Å². The van der Waals surface area contributed by atoms with Crippen molar-refractivity contribution in [1.29, 1.82) is 0 Å². The zero-order valence-electron chi connectivity index (χ0n) is 14.9. The number of hydrogen-bond acceptors (Lipinski definition) is 3. The van der Waals surface area contributed by atoms with Gasteiger partial charge in [0.05, 0.1) is 9.88 Å². The zero-order chi connectivity index (χ0) is 19.8. The number of amides is 2. The first-order valence-electron chi connectivity index (χ1n) is 8.68. The van der Waals surface area contributed by atoms with Crippen LogP contribution in [0, 0.1) is 12.7 Å². The number of anilines is 2. The topological polar surface area (TPSA) is 58.2 Å². The van der Waals surface area contributed by atoms with Crippen LogP contribution in [0.1, 0.15) is 38.7 Å². The third kappa shape index (κ3) is 3.53. The monoisotopic (exact) mass is 414 g/mol. The second-order valence-electron chi connectivity index (χ2n) is 6.62. The highest BCUT2D eigenvalue weighted by Crippen LogP contribution is 2.45. The Labute approximate surface area is 170 Å². The van der Waals surface area contributed by atoms with Crippen LogP contribution in [0.15, 0.2) is 48.5 Å². The largest absolute Gasteiger partial charge is 0.321 e. The summed E-state index contributed by atoms with van der Waals surface area (Å²) in [7, 11) is 0. The van der Waals surface area contributed by atoms with Crippen LogP contribution in [0.5, 0.6) is 0 Å². The summed E-state index contributed by atoms with van der Waals surface area (Å²) in [5.74, 6) is -0.911. The van der Waals surface area contributed by atoms with Crippen molar-refractivity contribution >= 4 is 45.4 Å². The Morgan fingerprint density at radius 2 is 2.00 bits per heavy atom. The van der Waals surface area contributed by atoms with E-state index in [4.69, 9.17) is 11.6 Å². The molecule has 4 rings (SSSR count). The lowest BCUT2D eigenvalue weighted by molar-refractivity contribution is -0.116. The molecule has 0 spiro atoms. The summed E-state index contributed by atoms with van der Waals surface area (Å²) in [6.45, 7) is 1.88. The third-order valence-corrected chi connectivity index (χ3v) is 6.20. The minimum atomic E-state index is -0.368. The van der Waals surface area contributed by atoms with Gasteiger partial charge < -0.3 is 10.6 Å². The van der Waals surface area contributed by atoms with E-state index < -0.39 is 0 Å². The molecular formula is C21H16ClFN2O2S. The van der Waals surface area contributed by atoms with E-state index in [1.807, 2.05) is 25.1 Å². The summed E-state index contributed by atoms with van der Waals surface area (Å²) in [5, 5.41) is 6.95. The third-order valence-electron chi connectivity index (χ3n) is 4.74. The lowest BCUT2D eigenvalue weighted by Gasteiger charge is -2.24. The van der Waals surface area contributed by atoms with E-state index in [9.17, 15) is 14.0 Å². The molecule has 2 N–H and O–H groups in total. The van der Waals surface area contributed by atoms with Crippen LogP contribution < -0.4 is 10.6 Å². The Bertz CT molecular complexity index is 1080. The Hall–Kier alpha value is -2.70. The van der Waals surface area contributed by atoms with Gasteiger partial charge in [-0.05, 0) is 60.0 Å². The van der Waals surface area contributed by atoms with Crippen molar-refractivity contribution in [3.63, 3.8) is 0 Å². The Morgan fingerprint density at radius 1 is 1.25 bits per heavy atom. The van der Waals surface area contributed by atoms with Crippen molar-refractivity contribution in [2.75, 3.05) is 10.6 Å². The molecule has 142 valence electrons. The van der Waals surface area contributed by atoms with E-state index in [1.54, 1.807) is 6.07 Å². The van der Waals surface area contributed by atoms with Crippen molar-refractivity contribution in [3.8, 4) is 0 Å². The fourth-order valence-corrected chi connectivity index (χ4v) is 4.83. The standard InChI is InChI=1S/C21H16ClFN2O2S/c1-11-18-16(12-3-2-4-13(22)9-12)10-17(26)25-21(18)28-19(11)20(27)24-15-7-5-14(23)6-8-15/h2-9,16H,10H2,1H3,(H,24,27)(H,25,26)/t16-/m1/s1. The van der Waals surface area contributed by atoms with Gasteiger partial charge in [0, 0.05) is 23.0 Å². The Balaban J connectivity index is 1.70. The molecule has 0 saturated carbocycles. The maximum absolute atomic E-state index is 13.1. The molecule has 1 aliphatic rings. The molecule has 0 fully saturated rings. The van der Waals surface area contributed by atoms with E-state index >= 15 is 0 Å². The van der Waals surface area contributed by atoms with Crippen LogP contribution in [0.25, 0.3) is 0 Å². The van der Waals surface area contributed by atoms with E-state index in [2.05, 4.69) is 10.6 Å². The van der Waals surface area contributed by atoms with Crippen molar-refractivity contribution in [1.82, 2.24) is 0 Å². The highest BCUT2D eigenvalue weighted by molar-refractivity contribution is 7.18. The van der Waals surface area contributed by atoms with E-state index in [0.717, 1.165) is 16.7 Å². The summed E-state index contributed by atoms with van der Waals surface area (Å²) in [6.07, 6.45) is 0.296. The molecule has 0 saturated heterocycles. The molecule has 0 radical (unpaired) electrons. The maximum atomic E-state index is 13.1. The predicted octanol–water partition coefficient (Wildman–Crippen LogP) is 5.58. The smallest absolute Gasteiger partial charge is 0.266 e. The van der Waals surface area contributed by atoms with Gasteiger partial charge in [0.1, 0.15) is 5.82 Å². The lowest BCUT2D eigenvalue weighted by Crippen LogP contribution is -2.22. The normalized spacial score (nSPS) is 15.7. The SMILES string of the molecule is Cc1c(C(=O)Nc2ccc(F)cc2)sc2c1[C@@H](c1cccc(Cl)c1)CC(=O)N2. The van der Waals surface area contributed by atoms with Crippen LogP contribution in [0.2, 0.25) is 5.02 Å². The van der Waals surface area contributed by atoms with Gasteiger partial charge in [0.2, 0.25) is 5.91 Å². The second-order valence-corrected chi connectivity index (χ2v) is 8.08. The Kier molecular flexibility index (Phi) is 4.91. The minimum Gasteiger partial charge on any atom is -0.321 e. The van der Waals surface area contributed by atoms with Gasteiger partial charge in [-0.3, -0.25) is 9.59 Å². The first kappa shape index (κ1) is 18.7. The van der Waals surface area contributed by atoms with Gasteiger partial charge in [-0.2, -0.15) is 0 Å². The van der Waals surface area contributed by atoms with Gasteiger partial charge in [-0.25, -0.2) is 4.39 Å². The molecule has 7 heteroatoms. The van der Waals surface area contributed by atoms with Crippen LogP contribution >= 0.6 is 22.9 Å². The average molecular weight is 415 g/mol. The molecule has 2 aromatic carbocycles. The van der Waals surface area contributed by atoms with Gasteiger partial charge in [-0.1, -0.05) is 23.7 Å². The van der Waals surface area contributed by atoms with Gasteiger partial charge in [0.15, 0.2) is 0 Å². The number of hydrogen-bond donors (Lipinski definition) is 2. The number of fused-ring (bicyclic) bond motifs is 1. The molecule has 1 atom stereocenters. The highest BCUT2D eigenvalue weighted by atomic mass is 35.5. The van der Waals surface area contributed by atoms with Crippen LogP contribution in [-0.2, 0) is 4.79 Å². The van der Waals surface area contributed by atoms with Crippen molar-refractivity contribution < 1.29 is 14.0 Å². The number of nitrogens with one attached hydrogen (secondary N) is 2. The number of thiophene rings is 1. The van der Waals surface area contributed by atoms with Gasteiger partial charge >= 0.3 is 0 Å². The molecule has 2 heterocycles. The fraction of sp³-hybridized carbons (Fsp3) is 0.143.